The van der Waals surface area contributed by atoms with Gasteiger partial charge in [0.15, 0.2) is 0 Å². The Morgan fingerprint density at radius 2 is 1.62 bits per heavy atom. The van der Waals surface area contributed by atoms with Gasteiger partial charge < -0.3 is 0 Å². The van der Waals surface area contributed by atoms with Gasteiger partial charge in [-0.2, -0.15) is 0 Å². The molecule has 0 N–H and O–H groups in total. The smallest absolute Gasteiger partial charge is 0.113 e. The zero-order valence-corrected chi connectivity index (χ0v) is 15.0. The summed E-state index contributed by atoms with van der Waals surface area (Å²) in [4.78, 5) is 0. The van der Waals surface area contributed by atoms with Crippen molar-refractivity contribution in [2.75, 3.05) is 0 Å². The second kappa shape index (κ2) is 6.96. The predicted octanol–water partition coefficient (Wildman–Crippen LogP) is 5.35. The van der Waals surface area contributed by atoms with Crippen LogP contribution < -0.4 is 0 Å². The quantitative estimate of drug-likeness (QED) is 0.502. The van der Waals surface area contributed by atoms with Gasteiger partial charge in [-0.1, -0.05) is 89.2 Å². The number of benzene rings is 3. The normalized spacial score (nSPS) is 12.7. The fourth-order valence-electron chi connectivity index (χ4n) is 3.26. The van der Waals surface area contributed by atoms with E-state index in [2.05, 4.69) is 90.9 Å². The van der Waals surface area contributed by atoms with E-state index in [0.29, 0.717) is 0 Å². The first kappa shape index (κ1) is 16.3. The maximum Gasteiger partial charge on any atom is 0.113 e. The van der Waals surface area contributed by atoms with Gasteiger partial charge in [-0.15, -0.1) is 5.10 Å². The summed E-state index contributed by atoms with van der Waals surface area (Å²) in [5.74, 6) is 0. The Bertz CT molecular complexity index is 1080. The molecule has 0 radical (unpaired) electrons. The van der Waals surface area contributed by atoms with E-state index < -0.39 is 0 Å². The van der Waals surface area contributed by atoms with Gasteiger partial charge in [0.2, 0.25) is 0 Å². The van der Waals surface area contributed by atoms with Crippen LogP contribution in [0.3, 0.4) is 0 Å². The fraction of sp³-hybridized carbons (Fsp3) is 0.130. The van der Waals surface area contributed by atoms with Crippen molar-refractivity contribution in [3.63, 3.8) is 0 Å². The first-order valence-electron chi connectivity index (χ1n) is 8.82. The van der Waals surface area contributed by atoms with E-state index in [4.69, 9.17) is 0 Å². The average molecular weight is 339 g/mol. The Morgan fingerprint density at radius 3 is 2.42 bits per heavy atom. The van der Waals surface area contributed by atoms with Crippen molar-refractivity contribution in [3.05, 3.63) is 101 Å². The predicted molar refractivity (Wildman–Crippen MR) is 107 cm³/mol. The van der Waals surface area contributed by atoms with E-state index in [0.717, 1.165) is 11.0 Å². The van der Waals surface area contributed by atoms with E-state index in [1.54, 1.807) is 0 Å². The highest BCUT2D eigenvalue weighted by Gasteiger charge is 2.15. The topological polar surface area (TPSA) is 30.7 Å². The first-order chi connectivity index (χ1) is 12.7. The number of aryl methyl sites for hydroxylation is 2. The second-order valence-electron chi connectivity index (χ2n) is 6.65. The van der Waals surface area contributed by atoms with Crippen molar-refractivity contribution < 1.29 is 0 Å². The van der Waals surface area contributed by atoms with Crippen LogP contribution in [0.4, 0.5) is 0 Å². The van der Waals surface area contributed by atoms with Gasteiger partial charge in [-0.3, -0.25) is 0 Å². The molecule has 0 aliphatic heterocycles. The largest absolute Gasteiger partial charge is 0.233 e. The summed E-state index contributed by atoms with van der Waals surface area (Å²) in [5.41, 5.74) is 6.82. The lowest BCUT2D eigenvalue weighted by Crippen LogP contribution is -2.10. The minimum absolute atomic E-state index is 0.0113. The fourth-order valence-corrected chi connectivity index (χ4v) is 3.26. The Hall–Kier alpha value is -3.20. The van der Waals surface area contributed by atoms with Crippen LogP contribution in [0, 0.1) is 13.8 Å². The number of hydrogen-bond donors (Lipinski definition) is 0. The van der Waals surface area contributed by atoms with Crippen molar-refractivity contribution in [2.45, 2.75) is 19.9 Å². The Balaban J connectivity index is 1.82. The van der Waals surface area contributed by atoms with Gasteiger partial charge in [0.25, 0.3) is 0 Å². The van der Waals surface area contributed by atoms with Gasteiger partial charge >= 0.3 is 0 Å². The van der Waals surface area contributed by atoms with Gasteiger partial charge in [0.05, 0.1) is 11.6 Å². The van der Waals surface area contributed by atoms with E-state index in [1.165, 1.54) is 22.3 Å². The third-order valence-electron chi connectivity index (χ3n) is 4.54. The second-order valence-corrected chi connectivity index (χ2v) is 6.65. The highest BCUT2D eigenvalue weighted by Crippen LogP contribution is 2.25. The summed E-state index contributed by atoms with van der Waals surface area (Å²) in [5, 5.41) is 8.78. The summed E-state index contributed by atoms with van der Waals surface area (Å²) in [6.07, 6.45) is 4.36. The SMILES string of the molecule is Cc1cccc(/C=C/C(c2cccc(C)c2)n2nnc3ccccc32)c1. The van der Waals surface area contributed by atoms with Gasteiger partial charge in [-0.05, 0) is 37.1 Å². The molecule has 26 heavy (non-hydrogen) atoms. The third kappa shape index (κ3) is 3.29. The molecule has 0 aliphatic rings. The number of allylic oxidation sites excluding steroid dienone is 1. The lowest BCUT2D eigenvalue weighted by atomic mass is 10.0. The van der Waals surface area contributed by atoms with Crippen molar-refractivity contribution in [3.8, 4) is 0 Å². The van der Waals surface area contributed by atoms with Crippen LogP contribution >= 0.6 is 0 Å². The number of rotatable bonds is 4. The summed E-state index contributed by atoms with van der Waals surface area (Å²) >= 11 is 0. The van der Waals surface area contributed by atoms with E-state index >= 15 is 0 Å². The van der Waals surface area contributed by atoms with Crippen LogP contribution in [0.5, 0.6) is 0 Å². The Labute approximate surface area is 153 Å². The van der Waals surface area contributed by atoms with Crippen LogP contribution in [0.1, 0.15) is 28.3 Å². The highest BCUT2D eigenvalue weighted by molar-refractivity contribution is 5.74. The molecule has 1 unspecified atom stereocenters. The number of hydrogen-bond acceptors (Lipinski definition) is 2. The van der Waals surface area contributed by atoms with Gasteiger partial charge in [0.1, 0.15) is 5.52 Å². The van der Waals surface area contributed by atoms with Crippen molar-refractivity contribution in [1.29, 1.82) is 0 Å². The summed E-state index contributed by atoms with van der Waals surface area (Å²) in [7, 11) is 0. The lowest BCUT2D eigenvalue weighted by molar-refractivity contribution is 0.604. The molecule has 1 aromatic heterocycles. The summed E-state index contributed by atoms with van der Waals surface area (Å²) < 4.78 is 2.00. The number of fused-ring (bicyclic) bond motifs is 1. The molecule has 0 aliphatic carbocycles. The molecule has 3 aromatic carbocycles. The van der Waals surface area contributed by atoms with Crippen molar-refractivity contribution in [1.82, 2.24) is 15.0 Å². The minimum atomic E-state index is -0.0113. The molecule has 0 spiro atoms. The first-order valence-corrected chi connectivity index (χ1v) is 8.82. The van der Waals surface area contributed by atoms with Crippen LogP contribution in [-0.4, -0.2) is 15.0 Å². The molecule has 1 heterocycles. The molecule has 1 atom stereocenters. The van der Waals surface area contributed by atoms with Gasteiger partial charge in [-0.25, -0.2) is 4.68 Å². The molecule has 3 nitrogen and oxygen atoms in total. The van der Waals surface area contributed by atoms with Crippen molar-refractivity contribution >= 4 is 17.1 Å². The molecule has 4 rings (SSSR count). The maximum absolute atomic E-state index is 4.45. The molecule has 0 fully saturated rings. The molecule has 0 saturated heterocycles. The number of aromatic nitrogens is 3. The maximum atomic E-state index is 4.45. The molecular formula is C23H21N3. The number of nitrogens with zero attached hydrogens (tertiary/aromatic N) is 3. The zero-order valence-electron chi connectivity index (χ0n) is 15.0. The number of para-hydroxylation sites is 1. The van der Waals surface area contributed by atoms with Crippen LogP contribution in [0.2, 0.25) is 0 Å². The lowest BCUT2D eigenvalue weighted by Gasteiger charge is -2.15. The van der Waals surface area contributed by atoms with Crippen LogP contribution in [0.25, 0.3) is 17.1 Å². The van der Waals surface area contributed by atoms with E-state index in [9.17, 15) is 0 Å². The molecule has 0 bridgehead atoms. The van der Waals surface area contributed by atoms with Crippen LogP contribution in [-0.2, 0) is 0 Å². The molecule has 128 valence electrons. The van der Waals surface area contributed by atoms with E-state index in [1.807, 2.05) is 22.9 Å². The summed E-state index contributed by atoms with van der Waals surface area (Å²) in [6.45, 7) is 4.23. The molecular weight excluding hydrogens is 318 g/mol. The monoisotopic (exact) mass is 339 g/mol. The Morgan fingerprint density at radius 1 is 0.846 bits per heavy atom. The third-order valence-corrected chi connectivity index (χ3v) is 4.54. The van der Waals surface area contributed by atoms with Gasteiger partial charge in [0, 0.05) is 0 Å². The van der Waals surface area contributed by atoms with Crippen LogP contribution in [0.15, 0.2) is 78.9 Å². The molecule has 0 amide bonds. The molecule has 3 heteroatoms. The van der Waals surface area contributed by atoms with E-state index in [-0.39, 0.29) is 6.04 Å². The zero-order chi connectivity index (χ0) is 17.9. The van der Waals surface area contributed by atoms with Crippen molar-refractivity contribution in [2.24, 2.45) is 0 Å². The molecule has 4 aromatic rings. The molecule has 0 saturated carbocycles. The summed E-state index contributed by atoms with van der Waals surface area (Å²) in [6, 6.07) is 25.1. The average Bonchev–Trinajstić information content (AvgIpc) is 3.06. The highest BCUT2D eigenvalue weighted by atomic mass is 15.4. The minimum Gasteiger partial charge on any atom is -0.233 e. The standard InChI is InChI=1S/C23H21N3/c1-17-7-5-9-19(15-17)13-14-22(20-10-6-8-18(2)16-20)26-23-12-4-3-11-21(23)24-25-26/h3-16,22H,1-2H3/b14-13+. The Kier molecular flexibility index (Phi) is 4.36.